The molecular formula is C21H28ClNO5S. The lowest BCUT2D eigenvalue weighted by Crippen LogP contribution is -2.14. The number of rotatable bonds is 11. The van der Waals surface area contributed by atoms with Gasteiger partial charge in [0.15, 0.2) is 0 Å². The summed E-state index contributed by atoms with van der Waals surface area (Å²) in [6.07, 6.45) is 2.98. The van der Waals surface area contributed by atoms with Gasteiger partial charge in [0.25, 0.3) is 10.0 Å². The molecule has 0 aliphatic carbocycles. The highest BCUT2D eigenvalue weighted by molar-refractivity contribution is 7.92. The number of unbranched alkanes of at least 4 members (excludes halogenated alkanes) is 1. The smallest absolute Gasteiger partial charge is 0.262 e. The molecule has 2 aromatic carbocycles. The van der Waals surface area contributed by atoms with Crippen LogP contribution in [0.3, 0.4) is 0 Å². The van der Waals surface area contributed by atoms with Gasteiger partial charge in [-0.05, 0) is 31.0 Å². The number of halogens is 1. The SMILES string of the molecule is CCCCC(OCC)c1ccc(S(=O)(=O)Nc2cc(OC)c(Cl)cc2OC)cc1. The maximum absolute atomic E-state index is 12.9. The standard InChI is InChI=1S/C21H28ClNO5S/c1-5-7-8-19(28-6-2)15-9-11-16(12-10-15)29(24,25)23-18-14-20(26-3)17(22)13-21(18)27-4/h9-14,19,23H,5-8H2,1-4H3. The van der Waals surface area contributed by atoms with Gasteiger partial charge >= 0.3 is 0 Å². The van der Waals surface area contributed by atoms with E-state index in [9.17, 15) is 8.42 Å². The van der Waals surface area contributed by atoms with Crippen LogP contribution in [0.1, 0.15) is 44.8 Å². The monoisotopic (exact) mass is 441 g/mol. The van der Waals surface area contributed by atoms with E-state index >= 15 is 0 Å². The predicted octanol–water partition coefficient (Wildman–Crippen LogP) is 5.43. The number of hydrogen-bond acceptors (Lipinski definition) is 5. The Morgan fingerprint density at radius 1 is 1.03 bits per heavy atom. The Labute approximate surface area is 178 Å². The van der Waals surface area contributed by atoms with Crippen LogP contribution >= 0.6 is 11.6 Å². The third-order valence-electron chi connectivity index (χ3n) is 4.47. The number of methoxy groups -OCH3 is 2. The highest BCUT2D eigenvalue weighted by Gasteiger charge is 2.20. The van der Waals surface area contributed by atoms with Crippen molar-refractivity contribution in [2.75, 3.05) is 25.5 Å². The summed E-state index contributed by atoms with van der Waals surface area (Å²) in [7, 11) is -0.929. The Kier molecular flexibility index (Phi) is 8.61. The summed E-state index contributed by atoms with van der Waals surface area (Å²) < 4.78 is 44.5. The molecule has 2 rings (SSSR count). The second kappa shape index (κ2) is 10.7. The van der Waals surface area contributed by atoms with Gasteiger partial charge in [-0.1, -0.05) is 43.5 Å². The number of sulfonamides is 1. The van der Waals surface area contributed by atoms with E-state index in [2.05, 4.69) is 11.6 Å². The molecule has 0 spiro atoms. The van der Waals surface area contributed by atoms with Crippen LogP contribution in [0.15, 0.2) is 41.3 Å². The average molecular weight is 442 g/mol. The molecule has 0 fully saturated rings. The maximum Gasteiger partial charge on any atom is 0.262 e. The first-order chi connectivity index (χ1) is 13.9. The Balaban J connectivity index is 2.28. The quantitative estimate of drug-likeness (QED) is 0.503. The molecule has 0 aromatic heterocycles. The van der Waals surface area contributed by atoms with Crippen LogP contribution in [-0.4, -0.2) is 29.2 Å². The van der Waals surface area contributed by atoms with Crippen molar-refractivity contribution in [1.29, 1.82) is 0 Å². The van der Waals surface area contributed by atoms with Crippen molar-refractivity contribution in [1.82, 2.24) is 0 Å². The average Bonchev–Trinajstić information content (AvgIpc) is 2.72. The fourth-order valence-corrected chi connectivity index (χ4v) is 4.23. The van der Waals surface area contributed by atoms with E-state index in [0.29, 0.717) is 23.1 Å². The molecule has 160 valence electrons. The lowest BCUT2D eigenvalue weighted by molar-refractivity contribution is 0.0545. The van der Waals surface area contributed by atoms with Crippen molar-refractivity contribution in [2.24, 2.45) is 0 Å². The van der Waals surface area contributed by atoms with Crippen LogP contribution in [0, 0.1) is 0 Å². The molecule has 0 bridgehead atoms. The molecular weight excluding hydrogens is 414 g/mol. The number of anilines is 1. The minimum atomic E-state index is -3.82. The topological polar surface area (TPSA) is 73.9 Å². The maximum atomic E-state index is 12.9. The first kappa shape index (κ1) is 23.3. The van der Waals surface area contributed by atoms with E-state index in [1.807, 2.05) is 6.92 Å². The molecule has 0 aliphatic rings. The van der Waals surface area contributed by atoms with E-state index in [1.165, 1.54) is 26.4 Å². The predicted molar refractivity (Wildman–Crippen MR) is 116 cm³/mol. The van der Waals surface area contributed by atoms with Gasteiger partial charge in [0.2, 0.25) is 0 Å². The van der Waals surface area contributed by atoms with E-state index in [4.69, 9.17) is 25.8 Å². The summed E-state index contributed by atoms with van der Waals surface area (Å²) in [6, 6.07) is 9.74. The van der Waals surface area contributed by atoms with E-state index in [1.54, 1.807) is 24.3 Å². The van der Waals surface area contributed by atoms with Gasteiger partial charge in [-0.15, -0.1) is 0 Å². The molecule has 29 heavy (non-hydrogen) atoms. The summed E-state index contributed by atoms with van der Waals surface area (Å²) in [6.45, 7) is 4.69. The molecule has 1 N–H and O–H groups in total. The van der Waals surface area contributed by atoms with Crippen LogP contribution < -0.4 is 14.2 Å². The molecule has 0 saturated heterocycles. The molecule has 0 saturated carbocycles. The van der Waals surface area contributed by atoms with Crippen molar-refractivity contribution < 1.29 is 22.6 Å². The molecule has 1 unspecified atom stereocenters. The molecule has 0 aliphatic heterocycles. The molecule has 1 atom stereocenters. The second-order valence-electron chi connectivity index (χ2n) is 6.45. The third-order valence-corrected chi connectivity index (χ3v) is 6.14. The first-order valence-corrected chi connectivity index (χ1v) is 11.4. The normalized spacial score (nSPS) is 12.4. The van der Waals surface area contributed by atoms with E-state index < -0.39 is 10.0 Å². The van der Waals surface area contributed by atoms with Gasteiger partial charge in [0.1, 0.15) is 11.5 Å². The number of ether oxygens (including phenoxy) is 3. The highest BCUT2D eigenvalue weighted by Crippen LogP contribution is 2.37. The zero-order valence-electron chi connectivity index (χ0n) is 17.2. The van der Waals surface area contributed by atoms with Crippen LogP contribution in [0.4, 0.5) is 5.69 Å². The number of hydrogen-bond donors (Lipinski definition) is 1. The van der Waals surface area contributed by atoms with Gasteiger partial charge in [-0.25, -0.2) is 8.42 Å². The second-order valence-corrected chi connectivity index (χ2v) is 8.54. The number of benzene rings is 2. The summed E-state index contributed by atoms with van der Waals surface area (Å²) >= 11 is 6.08. The first-order valence-electron chi connectivity index (χ1n) is 9.52. The van der Waals surface area contributed by atoms with Crippen LogP contribution in [0.25, 0.3) is 0 Å². The molecule has 6 nitrogen and oxygen atoms in total. The Morgan fingerprint density at radius 2 is 1.69 bits per heavy atom. The van der Waals surface area contributed by atoms with E-state index in [-0.39, 0.29) is 16.7 Å². The molecule has 2 aromatic rings. The lowest BCUT2D eigenvalue weighted by atomic mass is 10.0. The van der Waals surface area contributed by atoms with Crippen molar-refractivity contribution in [3.05, 3.63) is 47.0 Å². The molecule has 0 radical (unpaired) electrons. The Morgan fingerprint density at radius 3 is 2.24 bits per heavy atom. The van der Waals surface area contributed by atoms with Crippen LogP contribution in [-0.2, 0) is 14.8 Å². The molecule has 0 amide bonds. The van der Waals surface area contributed by atoms with Crippen molar-refractivity contribution >= 4 is 27.3 Å². The minimum absolute atomic E-state index is 0.0368. The van der Waals surface area contributed by atoms with Gasteiger partial charge < -0.3 is 14.2 Å². The fraction of sp³-hybridized carbons (Fsp3) is 0.429. The van der Waals surface area contributed by atoms with Gasteiger partial charge in [0, 0.05) is 18.7 Å². The largest absolute Gasteiger partial charge is 0.495 e. The van der Waals surface area contributed by atoms with Crippen LogP contribution in [0.2, 0.25) is 5.02 Å². The number of nitrogens with one attached hydrogen (secondary N) is 1. The zero-order chi connectivity index (χ0) is 21.4. The Bertz CT molecular complexity index is 900. The van der Waals surface area contributed by atoms with E-state index in [0.717, 1.165) is 24.8 Å². The van der Waals surface area contributed by atoms with Crippen molar-refractivity contribution in [2.45, 2.75) is 44.1 Å². The third kappa shape index (κ3) is 6.01. The Hall–Kier alpha value is -1.96. The summed E-state index contributed by atoms with van der Waals surface area (Å²) in [5.74, 6) is 0.642. The van der Waals surface area contributed by atoms with Gasteiger partial charge in [-0.3, -0.25) is 4.72 Å². The zero-order valence-corrected chi connectivity index (χ0v) is 18.8. The molecule has 8 heteroatoms. The lowest BCUT2D eigenvalue weighted by Gasteiger charge is -2.18. The summed E-state index contributed by atoms with van der Waals surface area (Å²) in [5, 5.41) is 0.325. The summed E-state index contributed by atoms with van der Waals surface area (Å²) in [5.41, 5.74) is 1.21. The van der Waals surface area contributed by atoms with Gasteiger partial charge in [-0.2, -0.15) is 0 Å². The summed E-state index contributed by atoms with van der Waals surface area (Å²) in [4.78, 5) is 0.142. The molecule has 0 heterocycles. The minimum Gasteiger partial charge on any atom is -0.495 e. The van der Waals surface area contributed by atoms with Crippen molar-refractivity contribution in [3.63, 3.8) is 0 Å². The fourth-order valence-electron chi connectivity index (χ4n) is 2.94. The van der Waals surface area contributed by atoms with Crippen molar-refractivity contribution in [3.8, 4) is 11.5 Å². The van der Waals surface area contributed by atoms with Gasteiger partial charge in [0.05, 0.1) is 35.9 Å². The van der Waals surface area contributed by atoms with Crippen LogP contribution in [0.5, 0.6) is 11.5 Å². The highest BCUT2D eigenvalue weighted by atomic mass is 35.5.